The van der Waals surface area contributed by atoms with Crippen LogP contribution in [0.15, 0.2) is 27.5 Å². The van der Waals surface area contributed by atoms with Gasteiger partial charge >= 0.3 is 0 Å². The molecule has 1 N–H and O–H groups in total. The number of aryl methyl sites for hydroxylation is 1. The Bertz CT molecular complexity index is 562. The van der Waals surface area contributed by atoms with Crippen LogP contribution in [0.2, 0.25) is 0 Å². The van der Waals surface area contributed by atoms with Gasteiger partial charge < -0.3 is 4.98 Å². The summed E-state index contributed by atoms with van der Waals surface area (Å²) >= 11 is 3.22. The minimum absolute atomic E-state index is 0.272. The van der Waals surface area contributed by atoms with E-state index in [1.807, 2.05) is 0 Å². The summed E-state index contributed by atoms with van der Waals surface area (Å²) in [5, 5.41) is 0.705. The predicted molar refractivity (Wildman–Crippen MR) is 57.0 cm³/mol. The Labute approximate surface area is 87.9 Å². The highest BCUT2D eigenvalue weighted by Gasteiger charge is 2.08. The monoisotopic (exact) mass is 255 g/mol. The smallest absolute Gasteiger partial charge is 0.257 e. The van der Waals surface area contributed by atoms with E-state index in [9.17, 15) is 9.18 Å². The number of rotatable bonds is 0. The van der Waals surface area contributed by atoms with Gasteiger partial charge in [-0.2, -0.15) is 0 Å². The third-order valence-corrected chi connectivity index (χ3v) is 2.70. The molecule has 72 valence electrons. The minimum atomic E-state index is -0.377. The number of nitrogens with one attached hydrogen (secondary N) is 1. The molecule has 1 aromatic carbocycles. The fraction of sp³-hybridized carbons (Fsp3) is 0.100. The Morgan fingerprint density at radius 3 is 2.86 bits per heavy atom. The third kappa shape index (κ3) is 1.35. The molecule has 0 unspecified atom stereocenters. The topological polar surface area (TPSA) is 32.9 Å². The molecule has 0 spiro atoms. The SMILES string of the molecule is Cc1cc2c(F)ccc(Br)c2c(=O)[nH]1. The Morgan fingerprint density at radius 2 is 2.14 bits per heavy atom. The fourth-order valence-corrected chi connectivity index (χ4v) is 1.96. The van der Waals surface area contributed by atoms with E-state index in [0.717, 1.165) is 0 Å². The molecule has 0 fully saturated rings. The van der Waals surface area contributed by atoms with Crippen molar-refractivity contribution in [3.63, 3.8) is 0 Å². The summed E-state index contributed by atoms with van der Waals surface area (Å²) in [6.07, 6.45) is 0. The molecule has 0 aliphatic rings. The van der Waals surface area contributed by atoms with E-state index in [0.29, 0.717) is 20.9 Å². The van der Waals surface area contributed by atoms with Crippen molar-refractivity contribution in [2.45, 2.75) is 6.92 Å². The Kier molecular flexibility index (Phi) is 2.15. The maximum atomic E-state index is 13.4. The van der Waals surface area contributed by atoms with Crippen LogP contribution in [-0.2, 0) is 0 Å². The van der Waals surface area contributed by atoms with Crippen LogP contribution in [0.1, 0.15) is 5.69 Å². The Balaban J connectivity index is 3.08. The molecule has 14 heavy (non-hydrogen) atoms. The zero-order valence-corrected chi connectivity index (χ0v) is 8.98. The molecule has 0 bridgehead atoms. The molecule has 2 nitrogen and oxygen atoms in total. The highest BCUT2D eigenvalue weighted by atomic mass is 79.9. The van der Waals surface area contributed by atoms with Crippen LogP contribution < -0.4 is 5.56 Å². The van der Waals surface area contributed by atoms with Crippen molar-refractivity contribution in [2.75, 3.05) is 0 Å². The van der Waals surface area contributed by atoms with Crippen LogP contribution in [0.25, 0.3) is 10.8 Å². The molecule has 1 heterocycles. The summed E-state index contributed by atoms with van der Waals surface area (Å²) in [6.45, 7) is 1.72. The van der Waals surface area contributed by atoms with Crippen LogP contribution >= 0.6 is 15.9 Å². The second-order valence-corrected chi connectivity index (χ2v) is 3.95. The van der Waals surface area contributed by atoms with Crippen molar-refractivity contribution < 1.29 is 4.39 Å². The van der Waals surface area contributed by atoms with Crippen LogP contribution in [0.4, 0.5) is 4.39 Å². The van der Waals surface area contributed by atoms with Gasteiger partial charge in [-0.15, -0.1) is 0 Å². The summed E-state index contributed by atoms with van der Waals surface area (Å²) in [4.78, 5) is 14.1. The van der Waals surface area contributed by atoms with Crippen LogP contribution in [0.3, 0.4) is 0 Å². The van der Waals surface area contributed by atoms with Crippen molar-refractivity contribution in [3.05, 3.63) is 44.5 Å². The molecular weight excluding hydrogens is 249 g/mol. The van der Waals surface area contributed by atoms with E-state index in [2.05, 4.69) is 20.9 Å². The maximum Gasteiger partial charge on any atom is 0.257 e. The molecule has 0 aliphatic carbocycles. The zero-order chi connectivity index (χ0) is 10.3. The number of hydrogen-bond acceptors (Lipinski definition) is 1. The summed E-state index contributed by atoms with van der Waals surface area (Å²) in [5.74, 6) is -0.377. The summed E-state index contributed by atoms with van der Waals surface area (Å²) < 4.78 is 14.0. The van der Waals surface area contributed by atoms with Gasteiger partial charge in [0.15, 0.2) is 0 Å². The number of aromatic nitrogens is 1. The molecule has 1 aromatic heterocycles. The molecular formula is C10H7BrFNO. The average Bonchev–Trinajstić information content (AvgIpc) is 2.10. The van der Waals surface area contributed by atoms with E-state index in [1.54, 1.807) is 13.0 Å². The van der Waals surface area contributed by atoms with Crippen molar-refractivity contribution in [1.29, 1.82) is 0 Å². The zero-order valence-electron chi connectivity index (χ0n) is 7.40. The number of hydrogen-bond donors (Lipinski definition) is 1. The molecule has 2 rings (SSSR count). The number of halogens is 2. The van der Waals surface area contributed by atoms with Gasteiger partial charge in [0, 0.05) is 15.6 Å². The quantitative estimate of drug-likeness (QED) is 0.772. The molecule has 0 saturated carbocycles. The largest absolute Gasteiger partial charge is 0.326 e. The summed E-state index contributed by atoms with van der Waals surface area (Å²) in [7, 11) is 0. The van der Waals surface area contributed by atoms with Gasteiger partial charge in [-0.3, -0.25) is 4.79 Å². The van der Waals surface area contributed by atoms with Gasteiger partial charge in [0.25, 0.3) is 5.56 Å². The highest BCUT2D eigenvalue weighted by Crippen LogP contribution is 2.23. The Hall–Kier alpha value is -1.16. The second kappa shape index (κ2) is 3.20. The normalized spacial score (nSPS) is 10.8. The van der Waals surface area contributed by atoms with Crippen molar-refractivity contribution >= 4 is 26.7 Å². The van der Waals surface area contributed by atoms with E-state index >= 15 is 0 Å². The lowest BCUT2D eigenvalue weighted by Crippen LogP contribution is -2.08. The fourth-order valence-electron chi connectivity index (χ4n) is 1.43. The van der Waals surface area contributed by atoms with Crippen LogP contribution in [0, 0.1) is 12.7 Å². The predicted octanol–water partition coefficient (Wildman–Crippen LogP) is 2.74. The lowest BCUT2D eigenvalue weighted by Gasteiger charge is -2.02. The van der Waals surface area contributed by atoms with Crippen LogP contribution in [-0.4, -0.2) is 4.98 Å². The van der Waals surface area contributed by atoms with Crippen molar-refractivity contribution in [1.82, 2.24) is 4.98 Å². The lowest BCUT2D eigenvalue weighted by atomic mass is 10.1. The molecule has 0 aliphatic heterocycles. The number of H-pyrrole nitrogens is 1. The number of pyridine rings is 1. The van der Waals surface area contributed by atoms with Gasteiger partial charge in [-0.1, -0.05) is 0 Å². The number of benzene rings is 1. The highest BCUT2D eigenvalue weighted by molar-refractivity contribution is 9.10. The van der Waals surface area contributed by atoms with Crippen molar-refractivity contribution in [2.24, 2.45) is 0 Å². The first kappa shape index (κ1) is 9.40. The van der Waals surface area contributed by atoms with E-state index in [-0.39, 0.29) is 11.4 Å². The summed E-state index contributed by atoms with van der Waals surface area (Å²) in [5.41, 5.74) is 0.380. The van der Waals surface area contributed by atoms with Crippen LogP contribution in [0.5, 0.6) is 0 Å². The molecule has 0 amide bonds. The first-order valence-corrected chi connectivity index (χ1v) is 4.86. The minimum Gasteiger partial charge on any atom is -0.326 e. The number of aromatic amines is 1. The first-order valence-electron chi connectivity index (χ1n) is 4.07. The first-order chi connectivity index (χ1) is 6.59. The molecule has 4 heteroatoms. The number of fused-ring (bicyclic) bond motifs is 1. The third-order valence-electron chi connectivity index (χ3n) is 2.04. The van der Waals surface area contributed by atoms with Crippen molar-refractivity contribution in [3.8, 4) is 0 Å². The van der Waals surface area contributed by atoms with Gasteiger partial charge in [0.2, 0.25) is 0 Å². The van der Waals surface area contributed by atoms with Gasteiger partial charge in [-0.05, 0) is 41.1 Å². The molecule has 0 saturated heterocycles. The average molecular weight is 256 g/mol. The second-order valence-electron chi connectivity index (χ2n) is 3.10. The van der Waals surface area contributed by atoms with E-state index in [4.69, 9.17) is 0 Å². The van der Waals surface area contributed by atoms with E-state index in [1.165, 1.54) is 12.1 Å². The van der Waals surface area contributed by atoms with Gasteiger partial charge in [0.1, 0.15) is 5.82 Å². The Morgan fingerprint density at radius 1 is 1.43 bits per heavy atom. The van der Waals surface area contributed by atoms with Gasteiger partial charge in [-0.25, -0.2) is 4.39 Å². The summed E-state index contributed by atoms with van der Waals surface area (Å²) in [6, 6.07) is 4.49. The molecule has 0 atom stereocenters. The van der Waals surface area contributed by atoms with E-state index < -0.39 is 0 Å². The standard InChI is InChI=1S/C10H7BrFNO/c1-5-4-6-8(12)3-2-7(11)9(6)10(14)13-5/h2-4H,1H3,(H,13,14). The lowest BCUT2D eigenvalue weighted by molar-refractivity contribution is 0.639. The van der Waals surface area contributed by atoms with Gasteiger partial charge in [0.05, 0.1) is 5.39 Å². The molecule has 0 radical (unpaired) electrons. The molecule has 2 aromatic rings. The maximum absolute atomic E-state index is 13.4.